The monoisotopic (exact) mass is 277 g/mol. The summed E-state index contributed by atoms with van der Waals surface area (Å²) in [5, 5.41) is 11.3. The number of rotatable bonds is 4. The van der Waals surface area contributed by atoms with Crippen molar-refractivity contribution in [2.75, 3.05) is 11.9 Å². The third-order valence-electron chi connectivity index (χ3n) is 3.25. The molecule has 0 bridgehead atoms. The van der Waals surface area contributed by atoms with E-state index in [1.807, 2.05) is 13.8 Å². The maximum absolute atomic E-state index is 13.8. The molecule has 0 aliphatic carbocycles. The fourth-order valence-electron chi connectivity index (χ4n) is 1.95. The van der Waals surface area contributed by atoms with Crippen molar-refractivity contribution < 1.29 is 8.78 Å². The third-order valence-corrected chi connectivity index (χ3v) is 3.25. The van der Waals surface area contributed by atoms with Crippen LogP contribution in [0.5, 0.6) is 0 Å². The number of anilines is 1. The Morgan fingerprint density at radius 2 is 1.85 bits per heavy atom. The molecule has 0 saturated carbocycles. The Bertz CT molecular complexity index is 627. The molecule has 0 aliphatic heterocycles. The molecule has 3 nitrogen and oxygen atoms in total. The van der Waals surface area contributed by atoms with Crippen molar-refractivity contribution in [2.45, 2.75) is 27.2 Å². The van der Waals surface area contributed by atoms with Crippen molar-refractivity contribution in [1.82, 2.24) is 10.2 Å². The Kier molecular flexibility index (Phi) is 4.27. The predicted molar refractivity (Wildman–Crippen MR) is 75.6 cm³/mol. The molecule has 20 heavy (non-hydrogen) atoms. The highest BCUT2D eigenvalue weighted by atomic mass is 19.1. The number of hydrogen-bond acceptors (Lipinski definition) is 3. The summed E-state index contributed by atoms with van der Waals surface area (Å²) < 4.78 is 27.1. The van der Waals surface area contributed by atoms with E-state index >= 15 is 0 Å². The van der Waals surface area contributed by atoms with Gasteiger partial charge in [-0.05, 0) is 49.6 Å². The van der Waals surface area contributed by atoms with Crippen LogP contribution in [0.15, 0.2) is 18.2 Å². The topological polar surface area (TPSA) is 37.8 Å². The molecule has 1 N–H and O–H groups in total. The SMILES string of the molecule is CCCNc1nnc(-c2cc(F)ccc2F)c(C)c1C. The van der Waals surface area contributed by atoms with E-state index in [1.54, 1.807) is 0 Å². The highest BCUT2D eigenvalue weighted by Crippen LogP contribution is 2.28. The maximum atomic E-state index is 13.8. The molecule has 1 aromatic heterocycles. The number of aromatic nitrogens is 2. The van der Waals surface area contributed by atoms with E-state index < -0.39 is 11.6 Å². The molecular formula is C15H17F2N3. The van der Waals surface area contributed by atoms with Crippen LogP contribution in [0, 0.1) is 25.5 Å². The standard InChI is InChI=1S/C15H17F2N3/c1-4-7-18-15-10(3)9(2)14(19-20-15)12-8-11(16)5-6-13(12)17/h5-6,8H,4,7H2,1-3H3,(H,18,20). The Labute approximate surface area is 117 Å². The van der Waals surface area contributed by atoms with Gasteiger partial charge in [-0.15, -0.1) is 10.2 Å². The number of halogens is 2. The normalized spacial score (nSPS) is 10.7. The molecular weight excluding hydrogens is 260 g/mol. The molecule has 0 radical (unpaired) electrons. The Balaban J connectivity index is 2.48. The maximum Gasteiger partial charge on any atom is 0.151 e. The second kappa shape index (κ2) is 5.94. The summed E-state index contributed by atoms with van der Waals surface area (Å²) in [6, 6.07) is 3.33. The fraction of sp³-hybridized carbons (Fsp3) is 0.333. The minimum Gasteiger partial charge on any atom is -0.368 e. The van der Waals surface area contributed by atoms with Crippen LogP contribution in [0.1, 0.15) is 24.5 Å². The molecule has 2 aromatic rings. The van der Waals surface area contributed by atoms with Crippen molar-refractivity contribution >= 4 is 5.82 Å². The molecule has 0 aliphatic rings. The van der Waals surface area contributed by atoms with Crippen molar-refractivity contribution in [1.29, 1.82) is 0 Å². The lowest BCUT2D eigenvalue weighted by molar-refractivity contribution is 0.602. The minimum absolute atomic E-state index is 0.139. The first-order valence-corrected chi connectivity index (χ1v) is 6.57. The summed E-state index contributed by atoms with van der Waals surface area (Å²) in [6.07, 6.45) is 0.973. The zero-order chi connectivity index (χ0) is 14.7. The average Bonchev–Trinajstić information content (AvgIpc) is 2.43. The van der Waals surface area contributed by atoms with Crippen LogP contribution in [0.4, 0.5) is 14.6 Å². The Morgan fingerprint density at radius 1 is 1.10 bits per heavy atom. The molecule has 2 rings (SSSR count). The lowest BCUT2D eigenvalue weighted by Gasteiger charge is -2.12. The van der Waals surface area contributed by atoms with E-state index in [1.165, 1.54) is 0 Å². The minimum atomic E-state index is -0.502. The van der Waals surface area contributed by atoms with Crippen LogP contribution in [-0.4, -0.2) is 16.7 Å². The molecule has 1 heterocycles. The summed E-state index contributed by atoms with van der Waals surface area (Å²) in [7, 11) is 0. The van der Waals surface area contributed by atoms with Gasteiger partial charge in [-0.2, -0.15) is 0 Å². The van der Waals surface area contributed by atoms with Gasteiger partial charge in [-0.1, -0.05) is 6.92 Å². The van der Waals surface area contributed by atoms with Gasteiger partial charge in [0.15, 0.2) is 5.82 Å². The molecule has 0 amide bonds. The van der Waals surface area contributed by atoms with Crippen molar-refractivity contribution in [3.05, 3.63) is 41.0 Å². The highest BCUT2D eigenvalue weighted by Gasteiger charge is 2.15. The quantitative estimate of drug-likeness (QED) is 0.922. The first-order chi connectivity index (χ1) is 9.54. The summed E-state index contributed by atoms with van der Waals surface area (Å²) >= 11 is 0. The number of benzene rings is 1. The Morgan fingerprint density at radius 3 is 2.55 bits per heavy atom. The fourth-order valence-corrected chi connectivity index (χ4v) is 1.95. The summed E-state index contributed by atoms with van der Waals surface area (Å²) in [6.45, 7) is 6.57. The van der Waals surface area contributed by atoms with E-state index in [-0.39, 0.29) is 5.56 Å². The first kappa shape index (κ1) is 14.4. The van der Waals surface area contributed by atoms with E-state index in [2.05, 4.69) is 22.4 Å². The van der Waals surface area contributed by atoms with Crippen LogP contribution in [-0.2, 0) is 0 Å². The third kappa shape index (κ3) is 2.76. The van der Waals surface area contributed by atoms with Gasteiger partial charge >= 0.3 is 0 Å². The summed E-state index contributed by atoms with van der Waals surface area (Å²) in [5.41, 5.74) is 2.21. The molecule has 0 unspecified atom stereocenters. The van der Waals surface area contributed by atoms with Gasteiger partial charge in [-0.3, -0.25) is 0 Å². The molecule has 106 valence electrons. The zero-order valence-corrected chi connectivity index (χ0v) is 11.8. The van der Waals surface area contributed by atoms with Gasteiger partial charge in [0.2, 0.25) is 0 Å². The van der Waals surface area contributed by atoms with Crippen LogP contribution < -0.4 is 5.32 Å². The van der Waals surface area contributed by atoms with E-state index in [4.69, 9.17) is 0 Å². The lowest BCUT2D eigenvalue weighted by atomic mass is 10.0. The molecule has 0 atom stereocenters. The average molecular weight is 277 g/mol. The molecule has 0 fully saturated rings. The second-order valence-electron chi connectivity index (χ2n) is 4.70. The van der Waals surface area contributed by atoms with Gasteiger partial charge in [0.05, 0.1) is 5.69 Å². The van der Waals surface area contributed by atoms with E-state index in [0.29, 0.717) is 11.5 Å². The van der Waals surface area contributed by atoms with Gasteiger partial charge in [0.1, 0.15) is 11.6 Å². The van der Waals surface area contributed by atoms with E-state index in [0.717, 1.165) is 42.3 Å². The smallest absolute Gasteiger partial charge is 0.151 e. The number of nitrogens with one attached hydrogen (secondary N) is 1. The molecule has 0 spiro atoms. The zero-order valence-electron chi connectivity index (χ0n) is 11.8. The van der Waals surface area contributed by atoms with Crippen molar-refractivity contribution in [3.8, 4) is 11.3 Å². The highest BCUT2D eigenvalue weighted by molar-refractivity contribution is 5.67. The van der Waals surface area contributed by atoms with Gasteiger partial charge in [0, 0.05) is 12.1 Å². The van der Waals surface area contributed by atoms with Gasteiger partial charge in [0.25, 0.3) is 0 Å². The van der Waals surface area contributed by atoms with Gasteiger partial charge in [-0.25, -0.2) is 8.78 Å². The van der Waals surface area contributed by atoms with E-state index in [9.17, 15) is 8.78 Å². The summed E-state index contributed by atoms with van der Waals surface area (Å²) in [5.74, 6) is -0.309. The molecule has 1 aromatic carbocycles. The number of hydrogen-bond donors (Lipinski definition) is 1. The Hall–Kier alpha value is -2.04. The largest absolute Gasteiger partial charge is 0.368 e. The van der Waals surface area contributed by atoms with Gasteiger partial charge < -0.3 is 5.32 Å². The second-order valence-corrected chi connectivity index (χ2v) is 4.70. The van der Waals surface area contributed by atoms with Crippen LogP contribution in [0.25, 0.3) is 11.3 Å². The first-order valence-electron chi connectivity index (χ1n) is 6.57. The van der Waals surface area contributed by atoms with Crippen LogP contribution >= 0.6 is 0 Å². The predicted octanol–water partition coefficient (Wildman–Crippen LogP) is 3.86. The number of nitrogens with zero attached hydrogens (tertiary/aromatic N) is 2. The van der Waals surface area contributed by atoms with Crippen LogP contribution in [0.2, 0.25) is 0 Å². The van der Waals surface area contributed by atoms with Crippen LogP contribution in [0.3, 0.4) is 0 Å². The summed E-state index contributed by atoms with van der Waals surface area (Å²) in [4.78, 5) is 0. The van der Waals surface area contributed by atoms with Crippen molar-refractivity contribution in [2.24, 2.45) is 0 Å². The lowest BCUT2D eigenvalue weighted by Crippen LogP contribution is -2.08. The molecule has 5 heteroatoms. The van der Waals surface area contributed by atoms with Crippen molar-refractivity contribution in [3.63, 3.8) is 0 Å². The molecule has 0 saturated heterocycles.